The van der Waals surface area contributed by atoms with E-state index in [0.717, 1.165) is 28.0 Å². The molecule has 1 amide bonds. The van der Waals surface area contributed by atoms with Gasteiger partial charge in [-0.25, -0.2) is 4.79 Å². The molecule has 2 heterocycles. The maximum atomic E-state index is 13.1. The Hall–Kier alpha value is -3.85. The van der Waals surface area contributed by atoms with Gasteiger partial charge >= 0.3 is 5.97 Å². The second-order valence-corrected chi connectivity index (χ2v) is 8.62. The van der Waals surface area contributed by atoms with Gasteiger partial charge in [-0.05, 0) is 48.7 Å². The van der Waals surface area contributed by atoms with E-state index in [1.54, 1.807) is 25.1 Å². The lowest BCUT2D eigenvalue weighted by Crippen LogP contribution is -2.38. The van der Waals surface area contributed by atoms with Gasteiger partial charge in [-0.1, -0.05) is 30.3 Å². The number of fused-ring (bicyclic) bond motifs is 1. The summed E-state index contributed by atoms with van der Waals surface area (Å²) in [5.74, 6) is 0.360. The first kappa shape index (κ1) is 23.3. The van der Waals surface area contributed by atoms with Crippen molar-refractivity contribution in [3.05, 3.63) is 78.7 Å². The molecule has 3 aromatic rings. The Morgan fingerprint density at radius 3 is 2.76 bits per heavy atom. The Bertz CT molecular complexity index is 1410. The predicted molar refractivity (Wildman–Crippen MR) is 128 cm³/mol. The Kier molecular flexibility index (Phi) is 7.12. The summed E-state index contributed by atoms with van der Waals surface area (Å²) in [7, 11) is 0. The molecule has 0 fully saturated rings. The number of benzene rings is 2. The third-order valence-electron chi connectivity index (χ3n) is 5.17. The first-order chi connectivity index (χ1) is 16.4. The third kappa shape index (κ3) is 5.37. The Morgan fingerprint density at radius 2 is 1.97 bits per heavy atom. The molecule has 34 heavy (non-hydrogen) atoms. The zero-order valence-electron chi connectivity index (χ0n) is 18.8. The van der Waals surface area contributed by atoms with Gasteiger partial charge in [-0.15, -0.1) is 11.3 Å². The first-order valence-corrected chi connectivity index (χ1v) is 11.6. The molecule has 0 saturated carbocycles. The second-order valence-electron chi connectivity index (χ2n) is 7.56. The van der Waals surface area contributed by atoms with E-state index >= 15 is 0 Å². The summed E-state index contributed by atoms with van der Waals surface area (Å²) in [6, 6.07) is 13.1. The van der Waals surface area contributed by atoms with E-state index in [1.807, 2.05) is 37.3 Å². The molecule has 9 heteroatoms. The van der Waals surface area contributed by atoms with Crippen LogP contribution in [0.15, 0.2) is 47.3 Å². The Balaban J connectivity index is 1.59. The van der Waals surface area contributed by atoms with Crippen LogP contribution in [0, 0.1) is 6.92 Å². The SMILES string of the molecule is CCOC(=O)/C=c1\s/c(=C/c2ccccc2C)c(=O)n1CC(=O)NCc1ccc2c(c1)OCO2. The highest BCUT2D eigenvalue weighted by atomic mass is 32.1. The van der Waals surface area contributed by atoms with Crippen LogP contribution in [0.2, 0.25) is 0 Å². The highest BCUT2D eigenvalue weighted by molar-refractivity contribution is 7.07. The number of esters is 1. The van der Waals surface area contributed by atoms with Crippen molar-refractivity contribution in [2.75, 3.05) is 13.4 Å². The van der Waals surface area contributed by atoms with Gasteiger partial charge < -0.3 is 19.5 Å². The molecule has 1 aromatic heterocycles. The number of amides is 1. The lowest BCUT2D eigenvalue weighted by atomic mass is 10.1. The summed E-state index contributed by atoms with van der Waals surface area (Å²) < 4.78 is 17.7. The van der Waals surface area contributed by atoms with Crippen LogP contribution in [0.1, 0.15) is 23.6 Å². The number of nitrogens with zero attached hydrogens (tertiary/aromatic N) is 1. The number of ether oxygens (including phenoxy) is 3. The van der Waals surface area contributed by atoms with Crippen LogP contribution in [-0.4, -0.2) is 29.8 Å². The molecule has 1 aliphatic heterocycles. The summed E-state index contributed by atoms with van der Waals surface area (Å²) in [5, 5.41) is 2.81. The Labute approximate surface area is 199 Å². The van der Waals surface area contributed by atoms with Crippen molar-refractivity contribution < 1.29 is 23.8 Å². The zero-order valence-corrected chi connectivity index (χ0v) is 19.6. The number of hydrogen-bond donors (Lipinski definition) is 1. The molecule has 0 unspecified atom stereocenters. The van der Waals surface area contributed by atoms with E-state index in [9.17, 15) is 14.4 Å². The van der Waals surface area contributed by atoms with Crippen molar-refractivity contribution in [3.63, 3.8) is 0 Å². The summed E-state index contributed by atoms with van der Waals surface area (Å²) in [6.07, 6.45) is 3.02. The molecule has 176 valence electrons. The van der Waals surface area contributed by atoms with Crippen molar-refractivity contribution >= 4 is 35.4 Å². The fourth-order valence-electron chi connectivity index (χ4n) is 3.42. The molecule has 0 spiro atoms. The summed E-state index contributed by atoms with van der Waals surface area (Å²) in [6.45, 7) is 4.07. The lowest BCUT2D eigenvalue weighted by molar-refractivity contribution is -0.135. The first-order valence-electron chi connectivity index (χ1n) is 10.8. The van der Waals surface area contributed by atoms with Crippen molar-refractivity contribution in [1.82, 2.24) is 9.88 Å². The van der Waals surface area contributed by atoms with Crippen LogP contribution in [0.5, 0.6) is 11.5 Å². The molecule has 0 aliphatic carbocycles. The highest BCUT2D eigenvalue weighted by Crippen LogP contribution is 2.32. The normalized spacial score (nSPS) is 13.2. The van der Waals surface area contributed by atoms with Crippen LogP contribution in [0.4, 0.5) is 0 Å². The van der Waals surface area contributed by atoms with Gasteiger partial charge in [-0.3, -0.25) is 14.2 Å². The molecular weight excluding hydrogens is 456 g/mol. The van der Waals surface area contributed by atoms with Gasteiger partial charge in [0.15, 0.2) is 11.5 Å². The molecule has 4 rings (SSSR count). The molecule has 0 bridgehead atoms. The highest BCUT2D eigenvalue weighted by Gasteiger charge is 2.15. The van der Waals surface area contributed by atoms with Crippen molar-refractivity contribution in [2.45, 2.75) is 26.9 Å². The topological polar surface area (TPSA) is 95.9 Å². The van der Waals surface area contributed by atoms with Crippen LogP contribution in [0.25, 0.3) is 12.2 Å². The number of carbonyl (C=O) groups is 2. The Morgan fingerprint density at radius 1 is 1.18 bits per heavy atom. The third-order valence-corrected chi connectivity index (χ3v) is 6.23. The summed E-state index contributed by atoms with van der Waals surface area (Å²) in [4.78, 5) is 37.9. The van der Waals surface area contributed by atoms with Crippen LogP contribution >= 0.6 is 11.3 Å². The minimum atomic E-state index is -0.569. The van der Waals surface area contributed by atoms with E-state index in [2.05, 4.69) is 5.32 Å². The number of rotatable bonds is 7. The maximum absolute atomic E-state index is 13.1. The quantitative estimate of drug-likeness (QED) is 0.514. The zero-order chi connectivity index (χ0) is 24.1. The number of thiazole rings is 1. The van der Waals surface area contributed by atoms with Crippen LogP contribution in [0.3, 0.4) is 0 Å². The average Bonchev–Trinajstić information content (AvgIpc) is 3.39. The number of aromatic nitrogens is 1. The molecule has 2 aromatic carbocycles. The minimum absolute atomic E-state index is 0.174. The van der Waals surface area contributed by atoms with Crippen LogP contribution < -0.4 is 29.5 Å². The number of aryl methyl sites for hydroxylation is 1. The van der Waals surface area contributed by atoms with E-state index < -0.39 is 5.97 Å². The van der Waals surface area contributed by atoms with E-state index in [4.69, 9.17) is 14.2 Å². The van der Waals surface area contributed by atoms with Gasteiger partial charge in [0.1, 0.15) is 11.2 Å². The van der Waals surface area contributed by atoms with Gasteiger partial charge in [0.05, 0.1) is 17.2 Å². The average molecular weight is 481 g/mol. The fourth-order valence-corrected chi connectivity index (χ4v) is 4.44. The van der Waals surface area contributed by atoms with Gasteiger partial charge in [-0.2, -0.15) is 0 Å². The smallest absolute Gasteiger partial charge is 0.333 e. The molecule has 1 N–H and O–H groups in total. The van der Waals surface area contributed by atoms with E-state index in [0.29, 0.717) is 20.7 Å². The van der Waals surface area contributed by atoms with Crippen LogP contribution in [-0.2, 0) is 27.4 Å². The van der Waals surface area contributed by atoms with E-state index in [-0.39, 0.29) is 38.0 Å². The van der Waals surface area contributed by atoms with Gasteiger partial charge in [0.25, 0.3) is 5.56 Å². The summed E-state index contributed by atoms with van der Waals surface area (Å²) in [5.41, 5.74) is 2.39. The second kappa shape index (κ2) is 10.4. The van der Waals surface area contributed by atoms with Crippen molar-refractivity contribution in [1.29, 1.82) is 0 Å². The molecule has 0 saturated heterocycles. The van der Waals surface area contributed by atoms with Crippen molar-refractivity contribution in [3.8, 4) is 11.5 Å². The number of nitrogens with one attached hydrogen (secondary N) is 1. The van der Waals surface area contributed by atoms with Gasteiger partial charge in [0.2, 0.25) is 12.7 Å². The minimum Gasteiger partial charge on any atom is -0.463 e. The maximum Gasteiger partial charge on any atom is 0.333 e. The predicted octanol–water partition coefficient (Wildman–Crippen LogP) is 1.44. The largest absolute Gasteiger partial charge is 0.463 e. The standard InChI is InChI=1S/C25H24N2O6S/c1-3-31-24(29)12-23-27(25(30)21(34-23)11-18-7-5-4-6-16(18)2)14-22(28)26-13-17-8-9-19-20(10-17)33-15-32-19/h4-12H,3,13-15H2,1-2H3,(H,26,28)/b21-11+,23-12-. The number of hydrogen-bond acceptors (Lipinski definition) is 7. The van der Waals surface area contributed by atoms with E-state index in [1.165, 1.54) is 10.6 Å². The molecule has 8 nitrogen and oxygen atoms in total. The molecule has 0 radical (unpaired) electrons. The molecule has 1 aliphatic rings. The number of carbonyl (C=O) groups excluding carboxylic acids is 2. The van der Waals surface area contributed by atoms with Gasteiger partial charge in [0, 0.05) is 6.54 Å². The fraction of sp³-hybridized carbons (Fsp3) is 0.240. The van der Waals surface area contributed by atoms with Crippen molar-refractivity contribution in [2.24, 2.45) is 0 Å². The molecule has 0 atom stereocenters. The monoisotopic (exact) mass is 480 g/mol. The molecular formula is C25H24N2O6S. The lowest BCUT2D eigenvalue weighted by Gasteiger charge is -2.07. The summed E-state index contributed by atoms with van der Waals surface area (Å²) >= 11 is 1.14.